The molecule has 1 heterocycles. The van der Waals surface area contributed by atoms with E-state index in [1.807, 2.05) is 44.2 Å². The van der Waals surface area contributed by atoms with Crippen LogP contribution < -0.4 is 11.1 Å². The molecule has 4 nitrogen and oxygen atoms in total. The number of piperidine rings is 1. The summed E-state index contributed by atoms with van der Waals surface area (Å²) >= 11 is 0. The number of nitrogens with two attached hydrogens (primary N) is 1. The molecule has 1 saturated heterocycles. The van der Waals surface area contributed by atoms with Crippen molar-refractivity contribution < 1.29 is 4.79 Å². The Morgan fingerprint density at radius 2 is 2.05 bits per heavy atom. The smallest absolute Gasteiger partial charge is 0.231 e. The molecule has 2 unspecified atom stereocenters. The third-order valence-electron chi connectivity index (χ3n) is 4.30. The minimum absolute atomic E-state index is 0.0655. The standard InChI is InChI=1S/C17H27N3O/c1-13-11-14(18)9-10-20(13)12-17(2,3)16(21)19-15-7-5-4-6-8-15/h4-8,13-14H,9-12,18H2,1-3H3,(H,19,21). The Hall–Kier alpha value is -1.39. The normalized spacial score (nSPS) is 23.8. The van der Waals surface area contributed by atoms with Crippen molar-refractivity contribution in [2.24, 2.45) is 11.1 Å². The lowest BCUT2D eigenvalue weighted by molar-refractivity contribution is -0.125. The highest BCUT2D eigenvalue weighted by atomic mass is 16.2. The zero-order valence-corrected chi connectivity index (χ0v) is 13.3. The maximum absolute atomic E-state index is 12.5. The highest BCUT2D eigenvalue weighted by Crippen LogP contribution is 2.25. The van der Waals surface area contributed by atoms with E-state index in [9.17, 15) is 4.79 Å². The van der Waals surface area contributed by atoms with E-state index in [1.165, 1.54) is 0 Å². The van der Waals surface area contributed by atoms with Crippen molar-refractivity contribution in [3.63, 3.8) is 0 Å². The molecule has 21 heavy (non-hydrogen) atoms. The quantitative estimate of drug-likeness (QED) is 0.895. The summed E-state index contributed by atoms with van der Waals surface area (Å²) in [6.45, 7) is 7.95. The van der Waals surface area contributed by atoms with Gasteiger partial charge in [0.25, 0.3) is 0 Å². The molecule has 2 rings (SSSR count). The van der Waals surface area contributed by atoms with Gasteiger partial charge in [-0.2, -0.15) is 0 Å². The molecule has 116 valence electrons. The second-order valence-corrected chi connectivity index (χ2v) is 6.81. The van der Waals surface area contributed by atoms with Gasteiger partial charge in [-0.3, -0.25) is 9.69 Å². The van der Waals surface area contributed by atoms with Crippen LogP contribution in [-0.2, 0) is 4.79 Å². The first-order valence-corrected chi connectivity index (χ1v) is 7.74. The molecule has 1 aliphatic heterocycles. The van der Waals surface area contributed by atoms with Crippen LogP contribution >= 0.6 is 0 Å². The first-order valence-electron chi connectivity index (χ1n) is 7.74. The van der Waals surface area contributed by atoms with E-state index in [1.54, 1.807) is 0 Å². The van der Waals surface area contributed by atoms with Gasteiger partial charge in [0.1, 0.15) is 0 Å². The lowest BCUT2D eigenvalue weighted by Crippen LogP contribution is -2.51. The molecule has 2 atom stereocenters. The number of para-hydroxylation sites is 1. The van der Waals surface area contributed by atoms with E-state index in [0.717, 1.165) is 31.6 Å². The summed E-state index contributed by atoms with van der Waals surface area (Å²) < 4.78 is 0. The third-order valence-corrected chi connectivity index (χ3v) is 4.30. The van der Waals surface area contributed by atoms with Crippen molar-refractivity contribution in [3.05, 3.63) is 30.3 Å². The van der Waals surface area contributed by atoms with Crippen LogP contribution in [0.2, 0.25) is 0 Å². The van der Waals surface area contributed by atoms with Crippen molar-refractivity contribution in [1.82, 2.24) is 4.90 Å². The molecular weight excluding hydrogens is 262 g/mol. The Labute approximate surface area is 127 Å². The molecule has 1 aromatic carbocycles. The predicted molar refractivity (Wildman–Crippen MR) is 87.1 cm³/mol. The number of benzene rings is 1. The second-order valence-electron chi connectivity index (χ2n) is 6.81. The average Bonchev–Trinajstić information content (AvgIpc) is 2.43. The van der Waals surface area contributed by atoms with E-state index < -0.39 is 5.41 Å². The van der Waals surface area contributed by atoms with Crippen molar-refractivity contribution in [2.45, 2.75) is 45.7 Å². The lowest BCUT2D eigenvalue weighted by atomic mass is 9.88. The van der Waals surface area contributed by atoms with Gasteiger partial charge in [0.05, 0.1) is 5.41 Å². The Morgan fingerprint density at radius 1 is 1.38 bits per heavy atom. The van der Waals surface area contributed by atoms with Gasteiger partial charge < -0.3 is 11.1 Å². The van der Waals surface area contributed by atoms with E-state index in [-0.39, 0.29) is 5.91 Å². The predicted octanol–water partition coefficient (Wildman–Crippen LogP) is 2.46. The van der Waals surface area contributed by atoms with Crippen molar-refractivity contribution in [1.29, 1.82) is 0 Å². The monoisotopic (exact) mass is 289 g/mol. The molecule has 0 saturated carbocycles. The van der Waals surface area contributed by atoms with Crippen LogP contribution in [0, 0.1) is 5.41 Å². The maximum atomic E-state index is 12.5. The number of hydrogen-bond acceptors (Lipinski definition) is 3. The molecule has 0 aromatic heterocycles. The zero-order chi connectivity index (χ0) is 15.5. The Kier molecular flexibility index (Phi) is 5.01. The van der Waals surface area contributed by atoms with Gasteiger partial charge in [-0.15, -0.1) is 0 Å². The summed E-state index contributed by atoms with van der Waals surface area (Å²) in [4.78, 5) is 14.9. The fourth-order valence-electron chi connectivity index (χ4n) is 2.89. The molecule has 1 fully saturated rings. The van der Waals surface area contributed by atoms with Crippen molar-refractivity contribution >= 4 is 11.6 Å². The second kappa shape index (κ2) is 6.58. The Bertz CT molecular complexity index is 472. The maximum Gasteiger partial charge on any atom is 0.231 e. The summed E-state index contributed by atoms with van der Waals surface area (Å²) in [5.41, 5.74) is 6.43. The van der Waals surface area contributed by atoms with Gasteiger partial charge in [-0.05, 0) is 52.3 Å². The highest BCUT2D eigenvalue weighted by Gasteiger charge is 2.33. The van der Waals surface area contributed by atoms with Crippen LogP contribution in [0.25, 0.3) is 0 Å². The molecule has 0 radical (unpaired) electrons. The lowest BCUT2D eigenvalue weighted by Gasteiger charge is -2.40. The van der Waals surface area contributed by atoms with Gasteiger partial charge in [-0.1, -0.05) is 18.2 Å². The SMILES string of the molecule is CC1CC(N)CCN1CC(C)(C)C(=O)Nc1ccccc1. The van der Waals surface area contributed by atoms with Gasteiger partial charge in [-0.25, -0.2) is 0 Å². The van der Waals surface area contributed by atoms with Gasteiger partial charge >= 0.3 is 0 Å². The van der Waals surface area contributed by atoms with Gasteiger partial charge in [0, 0.05) is 24.3 Å². The highest BCUT2D eigenvalue weighted by molar-refractivity contribution is 5.94. The Balaban J connectivity index is 1.96. The first kappa shape index (κ1) is 16.0. The largest absolute Gasteiger partial charge is 0.328 e. The third kappa shape index (κ3) is 4.29. The molecule has 1 aliphatic rings. The van der Waals surface area contributed by atoms with Crippen molar-refractivity contribution in [2.75, 3.05) is 18.4 Å². The number of carbonyl (C=O) groups is 1. The average molecular weight is 289 g/mol. The fourth-order valence-corrected chi connectivity index (χ4v) is 2.89. The summed E-state index contributed by atoms with van der Waals surface area (Å²) in [5, 5.41) is 3.01. The molecule has 0 spiro atoms. The molecule has 1 amide bonds. The minimum atomic E-state index is -0.425. The minimum Gasteiger partial charge on any atom is -0.328 e. The van der Waals surface area contributed by atoms with E-state index in [4.69, 9.17) is 5.73 Å². The van der Waals surface area contributed by atoms with E-state index >= 15 is 0 Å². The molecule has 3 N–H and O–H groups in total. The number of anilines is 1. The topological polar surface area (TPSA) is 58.4 Å². The zero-order valence-electron chi connectivity index (χ0n) is 13.3. The molecule has 0 bridgehead atoms. The summed E-state index contributed by atoms with van der Waals surface area (Å²) in [6.07, 6.45) is 2.02. The van der Waals surface area contributed by atoms with E-state index in [2.05, 4.69) is 17.1 Å². The van der Waals surface area contributed by atoms with E-state index in [0.29, 0.717) is 12.1 Å². The molecule has 0 aliphatic carbocycles. The number of likely N-dealkylation sites (tertiary alicyclic amines) is 1. The number of nitrogens with one attached hydrogen (secondary N) is 1. The summed E-state index contributed by atoms with van der Waals surface area (Å²) in [7, 11) is 0. The fraction of sp³-hybridized carbons (Fsp3) is 0.588. The molecular formula is C17H27N3O. The van der Waals surface area contributed by atoms with Crippen LogP contribution in [0.15, 0.2) is 30.3 Å². The number of hydrogen-bond donors (Lipinski definition) is 2. The van der Waals surface area contributed by atoms with Crippen LogP contribution in [0.5, 0.6) is 0 Å². The summed E-state index contributed by atoms with van der Waals surface area (Å²) in [6, 6.07) is 10.4. The van der Waals surface area contributed by atoms with Gasteiger partial charge in [0.2, 0.25) is 5.91 Å². The van der Waals surface area contributed by atoms with Crippen LogP contribution in [0.4, 0.5) is 5.69 Å². The molecule has 1 aromatic rings. The number of nitrogens with zero attached hydrogens (tertiary/aromatic N) is 1. The molecule has 4 heteroatoms. The number of carbonyl (C=O) groups excluding carboxylic acids is 1. The van der Waals surface area contributed by atoms with Crippen LogP contribution in [-0.4, -0.2) is 36.0 Å². The van der Waals surface area contributed by atoms with Crippen LogP contribution in [0.3, 0.4) is 0 Å². The number of rotatable bonds is 4. The van der Waals surface area contributed by atoms with Gasteiger partial charge in [0.15, 0.2) is 0 Å². The Morgan fingerprint density at radius 3 is 2.67 bits per heavy atom. The number of amides is 1. The first-order chi connectivity index (χ1) is 9.88. The summed E-state index contributed by atoms with van der Waals surface area (Å²) in [5.74, 6) is 0.0655. The van der Waals surface area contributed by atoms with Crippen LogP contribution in [0.1, 0.15) is 33.6 Å². The van der Waals surface area contributed by atoms with Crippen molar-refractivity contribution in [3.8, 4) is 0 Å².